The molecular formula is C12H10NO. The number of nitrogens with zero attached hydrogens (tertiary/aromatic N) is 1. The Hall–Kier alpha value is -1.83. The largest absolute Gasteiger partial charge is 0.455 e. The van der Waals surface area contributed by atoms with E-state index in [9.17, 15) is 0 Å². The minimum Gasteiger partial charge on any atom is -0.455 e. The van der Waals surface area contributed by atoms with Crippen LogP contribution in [-0.2, 0) is 0 Å². The van der Waals surface area contributed by atoms with Crippen LogP contribution in [0, 0.1) is 13.0 Å². The molecule has 0 aliphatic rings. The number of aromatic nitrogens is 1. The second kappa shape index (κ2) is 3.92. The van der Waals surface area contributed by atoms with Gasteiger partial charge in [0.25, 0.3) is 0 Å². The van der Waals surface area contributed by atoms with Gasteiger partial charge in [0.05, 0.1) is 5.69 Å². The summed E-state index contributed by atoms with van der Waals surface area (Å²) in [5.74, 6) is 1.48. The molecule has 2 heteroatoms. The Kier molecular flexibility index (Phi) is 2.45. The summed E-state index contributed by atoms with van der Waals surface area (Å²) >= 11 is 0. The smallest absolute Gasteiger partial charge is 0.148 e. The van der Waals surface area contributed by atoms with Crippen molar-refractivity contribution in [2.45, 2.75) is 6.92 Å². The fraction of sp³-hybridized carbons (Fsp3) is 0.0833. The molecule has 2 nitrogen and oxygen atoms in total. The maximum atomic E-state index is 5.59. The van der Waals surface area contributed by atoms with Crippen LogP contribution in [-0.4, -0.2) is 4.98 Å². The number of hydrogen-bond acceptors (Lipinski definition) is 2. The maximum absolute atomic E-state index is 5.59. The summed E-state index contributed by atoms with van der Waals surface area (Å²) in [7, 11) is 0. The van der Waals surface area contributed by atoms with Crippen molar-refractivity contribution in [2.24, 2.45) is 0 Å². The Labute approximate surface area is 83.2 Å². The molecule has 1 radical (unpaired) electrons. The van der Waals surface area contributed by atoms with E-state index in [4.69, 9.17) is 4.74 Å². The van der Waals surface area contributed by atoms with E-state index in [-0.39, 0.29) is 0 Å². The third-order valence-electron chi connectivity index (χ3n) is 1.86. The lowest BCUT2D eigenvalue weighted by molar-refractivity contribution is 0.475. The first-order chi connectivity index (χ1) is 6.86. The minimum absolute atomic E-state index is 0.712. The van der Waals surface area contributed by atoms with Gasteiger partial charge < -0.3 is 4.74 Å². The molecule has 1 heterocycles. The third kappa shape index (κ3) is 1.91. The van der Waals surface area contributed by atoms with Gasteiger partial charge in [-0.05, 0) is 25.1 Å². The number of para-hydroxylation sites is 1. The highest BCUT2D eigenvalue weighted by Gasteiger charge is 1.99. The summed E-state index contributed by atoms with van der Waals surface area (Å²) in [5.41, 5.74) is 0.879. The number of benzene rings is 1. The van der Waals surface area contributed by atoms with Crippen LogP contribution in [0.5, 0.6) is 11.5 Å². The van der Waals surface area contributed by atoms with E-state index >= 15 is 0 Å². The third-order valence-corrected chi connectivity index (χ3v) is 1.86. The van der Waals surface area contributed by atoms with Crippen LogP contribution in [0.2, 0.25) is 0 Å². The maximum Gasteiger partial charge on any atom is 0.148 e. The summed E-state index contributed by atoms with van der Waals surface area (Å²) in [4.78, 5) is 4.14. The van der Waals surface area contributed by atoms with E-state index in [1.807, 2.05) is 43.3 Å². The molecule has 1 aromatic carbocycles. The van der Waals surface area contributed by atoms with Gasteiger partial charge in [0.1, 0.15) is 11.5 Å². The van der Waals surface area contributed by atoms with Gasteiger partial charge in [0.2, 0.25) is 0 Å². The molecule has 0 saturated heterocycles. The zero-order valence-corrected chi connectivity index (χ0v) is 7.90. The Morgan fingerprint density at radius 3 is 2.86 bits per heavy atom. The number of rotatable bonds is 2. The number of aryl methyl sites for hydroxylation is 1. The Morgan fingerprint density at radius 2 is 2.14 bits per heavy atom. The van der Waals surface area contributed by atoms with Crippen molar-refractivity contribution >= 4 is 0 Å². The molecule has 0 fully saturated rings. The molecule has 0 aliphatic carbocycles. The average Bonchev–Trinajstić information content (AvgIpc) is 2.23. The Bertz CT molecular complexity index is 412. The van der Waals surface area contributed by atoms with Crippen molar-refractivity contribution in [1.29, 1.82) is 0 Å². The van der Waals surface area contributed by atoms with Gasteiger partial charge in [-0.15, -0.1) is 0 Å². The lowest BCUT2D eigenvalue weighted by Gasteiger charge is -2.06. The van der Waals surface area contributed by atoms with Gasteiger partial charge in [-0.1, -0.05) is 18.2 Å². The van der Waals surface area contributed by atoms with Crippen LogP contribution in [0.4, 0.5) is 0 Å². The molecule has 0 N–H and O–H groups in total. The van der Waals surface area contributed by atoms with Crippen LogP contribution < -0.4 is 4.74 Å². The molecule has 1 aromatic heterocycles. The van der Waals surface area contributed by atoms with Gasteiger partial charge in [0.15, 0.2) is 0 Å². The molecule has 0 amide bonds. The quantitative estimate of drug-likeness (QED) is 0.715. The van der Waals surface area contributed by atoms with E-state index in [1.54, 1.807) is 6.20 Å². The molecule has 0 atom stereocenters. The van der Waals surface area contributed by atoms with Gasteiger partial charge >= 0.3 is 0 Å². The molecule has 14 heavy (non-hydrogen) atoms. The van der Waals surface area contributed by atoms with Crippen LogP contribution >= 0.6 is 0 Å². The van der Waals surface area contributed by atoms with Gasteiger partial charge in [0, 0.05) is 12.3 Å². The van der Waals surface area contributed by atoms with Crippen molar-refractivity contribution in [3.63, 3.8) is 0 Å². The van der Waals surface area contributed by atoms with E-state index < -0.39 is 0 Å². The molecule has 69 valence electrons. The summed E-state index contributed by atoms with van der Waals surface area (Å²) in [5, 5.41) is 0. The van der Waals surface area contributed by atoms with Gasteiger partial charge in [-0.2, -0.15) is 0 Å². The van der Waals surface area contributed by atoms with Crippen molar-refractivity contribution in [3.8, 4) is 11.5 Å². The van der Waals surface area contributed by atoms with Crippen LogP contribution in [0.3, 0.4) is 0 Å². The monoisotopic (exact) mass is 184 g/mol. The van der Waals surface area contributed by atoms with Gasteiger partial charge in [-0.3, -0.25) is 4.98 Å². The second-order valence-electron chi connectivity index (χ2n) is 2.92. The molecule has 0 saturated carbocycles. The Balaban J connectivity index is 2.24. The van der Waals surface area contributed by atoms with Crippen molar-refractivity contribution < 1.29 is 4.74 Å². The highest BCUT2D eigenvalue weighted by molar-refractivity contribution is 5.32. The fourth-order valence-electron chi connectivity index (χ4n) is 1.14. The number of ether oxygens (including phenoxy) is 1. The first-order valence-corrected chi connectivity index (χ1v) is 4.42. The summed E-state index contributed by atoms with van der Waals surface area (Å²) in [6, 6.07) is 14.2. The second-order valence-corrected chi connectivity index (χ2v) is 2.92. The first-order valence-electron chi connectivity index (χ1n) is 4.42. The predicted molar refractivity (Wildman–Crippen MR) is 54.3 cm³/mol. The normalized spacial score (nSPS) is 9.79. The molecular weight excluding hydrogens is 174 g/mol. The van der Waals surface area contributed by atoms with Gasteiger partial charge in [-0.25, -0.2) is 0 Å². The Morgan fingerprint density at radius 1 is 1.21 bits per heavy atom. The molecule has 0 aliphatic heterocycles. The lowest BCUT2D eigenvalue weighted by atomic mass is 10.3. The summed E-state index contributed by atoms with van der Waals surface area (Å²) in [6.45, 7) is 1.91. The van der Waals surface area contributed by atoms with Crippen LogP contribution in [0.25, 0.3) is 0 Å². The standard InChI is InChI=1S/C12H10NO/c1-10-12(8-5-9-13-10)14-11-6-3-2-4-7-11/h2-6,8-9H,1H3. The van der Waals surface area contributed by atoms with Crippen LogP contribution in [0.15, 0.2) is 42.6 Å². The predicted octanol–water partition coefficient (Wildman–Crippen LogP) is 2.98. The van der Waals surface area contributed by atoms with Crippen molar-refractivity contribution in [3.05, 3.63) is 54.4 Å². The molecule has 0 unspecified atom stereocenters. The van der Waals surface area contributed by atoms with E-state index in [0.29, 0.717) is 5.75 Å². The van der Waals surface area contributed by atoms with Crippen molar-refractivity contribution in [1.82, 2.24) is 4.98 Å². The van der Waals surface area contributed by atoms with Crippen LogP contribution in [0.1, 0.15) is 5.69 Å². The topological polar surface area (TPSA) is 22.1 Å². The highest BCUT2D eigenvalue weighted by Crippen LogP contribution is 2.21. The number of pyridine rings is 1. The summed E-state index contributed by atoms with van der Waals surface area (Å²) in [6.07, 6.45) is 1.75. The zero-order chi connectivity index (χ0) is 9.80. The molecule has 2 rings (SSSR count). The molecule has 2 aromatic rings. The minimum atomic E-state index is 0.712. The molecule has 0 bridgehead atoms. The molecule has 0 spiro atoms. The highest BCUT2D eigenvalue weighted by atomic mass is 16.5. The zero-order valence-electron chi connectivity index (χ0n) is 7.90. The first kappa shape index (κ1) is 8.75. The van der Waals surface area contributed by atoms with Crippen molar-refractivity contribution in [2.75, 3.05) is 0 Å². The average molecular weight is 184 g/mol. The van der Waals surface area contributed by atoms with E-state index in [2.05, 4.69) is 11.1 Å². The lowest BCUT2D eigenvalue weighted by Crippen LogP contribution is -1.88. The fourth-order valence-corrected chi connectivity index (χ4v) is 1.14. The summed E-state index contributed by atoms with van der Waals surface area (Å²) < 4.78 is 5.59. The van der Waals surface area contributed by atoms with E-state index in [1.165, 1.54) is 0 Å². The SMILES string of the molecule is Cc1ncccc1Oc1[c]cccc1. The van der Waals surface area contributed by atoms with E-state index in [0.717, 1.165) is 11.4 Å². The number of hydrogen-bond donors (Lipinski definition) is 0.